The smallest absolute Gasteiger partial charge is 0.462 e. The van der Waals surface area contributed by atoms with Crippen molar-refractivity contribution in [2.45, 2.75) is 13.3 Å². The predicted octanol–water partition coefficient (Wildman–Crippen LogP) is 4.34. The van der Waals surface area contributed by atoms with Gasteiger partial charge in [-0.25, -0.2) is 4.79 Å². The highest BCUT2D eigenvalue weighted by Crippen LogP contribution is 2.40. The molecule has 2 aromatic rings. The molecule has 2 rings (SSSR count). The van der Waals surface area contributed by atoms with Gasteiger partial charge in [0.15, 0.2) is 0 Å². The lowest BCUT2D eigenvalue weighted by Crippen LogP contribution is -2.18. The van der Waals surface area contributed by atoms with Gasteiger partial charge in [0, 0.05) is 11.6 Å². The van der Waals surface area contributed by atoms with Gasteiger partial charge in [-0.3, -0.25) is 10.1 Å². The van der Waals surface area contributed by atoms with Crippen LogP contribution in [0.2, 0.25) is 0 Å². The average Bonchev–Trinajstić information content (AvgIpc) is 2.53. The van der Waals surface area contributed by atoms with E-state index in [2.05, 4.69) is 4.74 Å². The minimum absolute atomic E-state index is 0.00165. The first-order chi connectivity index (χ1) is 11.7. The summed E-state index contributed by atoms with van der Waals surface area (Å²) in [4.78, 5) is 22.6. The topological polar surface area (TPSA) is 78.7 Å². The fourth-order valence-electron chi connectivity index (χ4n) is 2.24. The number of esters is 1. The number of nitro benzene ring substituents is 1. The van der Waals surface area contributed by atoms with Crippen molar-refractivity contribution in [1.29, 1.82) is 0 Å². The van der Waals surface area contributed by atoms with Crippen LogP contribution in [0.25, 0.3) is 11.1 Å². The Balaban J connectivity index is 2.73. The first-order valence-corrected chi connectivity index (χ1v) is 7.04. The molecule has 132 valence electrons. The van der Waals surface area contributed by atoms with Crippen LogP contribution in [-0.2, 0) is 4.74 Å². The lowest BCUT2D eigenvalue weighted by atomic mass is 9.97. The zero-order valence-corrected chi connectivity index (χ0v) is 12.9. The van der Waals surface area contributed by atoms with E-state index in [0.29, 0.717) is 0 Å². The minimum Gasteiger partial charge on any atom is -0.462 e. The Morgan fingerprint density at radius 3 is 2.44 bits per heavy atom. The lowest BCUT2D eigenvalue weighted by Gasteiger charge is -2.15. The van der Waals surface area contributed by atoms with Crippen molar-refractivity contribution in [1.82, 2.24) is 0 Å². The SMILES string of the molecule is CCOC(=O)c1cccc([N+](=O)[O-])c1-c1ccccc1OC(F)(F)F. The molecule has 0 amide bonds. The van der Waals surface area contributed by atoms with Crippen molar-refractivity contribution in [3.63, 3.8) is 0 Å². The molecule has 25 heavy (non-hydrogen) atoms. The van der Waals surface area contributed by atoms with E-state index in [0.717, 1.165) is 12.1 Å². The summed E-state index contributed by atoms with van der Waals surface area (Å²) in [5.74, 6) is -1.54. The zero-order chi connectivity index (χ0) is 18.6. The normalized spacial score (nSPS) is 11.0. The highest BCUT2D eigenvalue weighted by molar-refractivity contribution is 6.01. The number of hydrogen-bond acceptors (Lipinski definition) is 5. The Kier molecular flexibility index (Phi) is 5.26. The maximum Gasteiger partial charge on any atom is 0.573 e. The molecule has 0 aliphatic carbocycles. The van der Waals surface area contributed by atoms with E-state index in [1.807, 2.05) is 0 Å². The molecule has 0 N–H and O–H groups in total. The molecule has 0 atom stereocenters. The maximum absolute atomic E-state index is 12.6. The van der Waals surface area contributed by atoms with Gasteiger partial charge >= 0.3 is 12.3 Å². The summed E-state index contributed by atoms with van der Waals surface area (Å²) < 4.78 is 46.7. The number of nitrogens with zero attached hydrogens (tertiary/aromatic N) is 1. The molecule has 0 aliphatic heterocycles. The van der Waals surface area contributed by atoms with E-state index >= 15 is 0 Å². The minimum atomic E-state index is -5.00. The van der Waals surface area contributed by atoms with E-state index in [1.165, 1.54) is 37.3 Å². The van der Waals surface area contributed by atoms with Crippen molar-refractivity contribution in [3.8, 4) is 16.9 Å². The second-order valence-electron chi connectivity index (χ2n) is 4.72. The molecule has 0 fully saturated rings. The second-order valence-corrected chi connectivity index (χ2v) is 4.72. The summed E-state index contributed by atoms with van der Waals surface area (Å²) in [5, 5.41) is 11.3. The van der Waals surface area contributed by atoms with E-state index < -0.39 is 28.7 Å². The van der Waals surface area contributed by atoms with Crippen LogP contribution in [0.1, 0.15) is 17.3 Å². The predicted molar refractivity (Wildman–Crippen MR) is 81.2 cm³/mol. The van der Waals surface area contributed by atoms with Crippen molar-refractivity contribution >= 4 is 11.7 Å². The van der Waals surface area contributed by atoms with Crippen molar-refractivity contribution in [2.75, 3.05) is 6.61 Å². The number of carbonyl (C=O) groups excluding carboxylic acids is 1. The number of ether oxygens (including phenoxy) is 2. The van der Waals surface area contributed by atoms with Gasteiger partial charge < -0.3 is 9.47 Å². The summed E-state index contributed by atoms with van der Waals surface area (Å²) in [7, 11) is 0. The number of halogens is 3. The van der Waals surface area contributed by atoms with Crippen LogP contribution < -0.4 is 4.74 Å². The molecule has 0 spiro atoms. The van der Waals surface area contributed by atoms with Gasteiger partial charge in [0.1, 0.15) is 5.75 Å². The molecule has 2 aromatic carbocycles. The van der Waals surface area contributed by atoms with Gasteiger partial charge in [0.05, 0.1) is 22.7 Å². The van der Waals surface area contributed by atoms with Gasteiger partial charge in [0.25, 0.3) is 5.69 Å². The standard InChI is InChI=1S/C16H12F3NO5/c1-2-24-15(21)11-7-5-8-12(20(22)23)14(11)10-6-3-4-9-13(10)25-16(17,18)19/h3-9H,2H2,1H3. The van der Waals surface area contributed by atoms with E-state index in [4.69, 9.17) is 4.74 Å². The third-order valence-electron chi connectivity index (χ3n) is 3.12. The number of nitro groups is 1. The van der Waals surface area contributed by atoms with Crippen LogP contribution in [-0.4, -0.2) is 23.9 Å². The lowest BCUT2D eigenvalue weighted by molar-refractivity contribution is -0.384. The van der Waals surface area contributed by atoms with Crippen LogP contribution in [0.15, 0.2) is 42.5 Å². The molecule has 0 aromatic heterocycles. The number of hydrogen-bond donors (Lipinski definition) is 0. The first kappa shape index (κ1) is 18.2. The molecular weight excluding hydrogens is 343 g/mol. The van der Waals surface area contributed by atoms with Gasteiger partial charge in [0.2, 0.25) is 0 Å². The van der Waals surface area contributed by atoms with Crippen LogP contribution in [0.5, 0.6) is 5.75 Å². The molecule has 9 heteroatoms. The molecule has 0 bridgehead atoms. The summed E-state index contributed by atoms with van der Waals surface area (Å²) in [6.07, 6.45) is -5.00. The van der Waals surface area contributed by atoms with Crippen LogP contribution >= 0.6 is 0 Å². The molecule has 0 radical (unpaired) electrons. The van der Waals surface area contributed by atoms with Crippen LogP contribution in [0.4, 0.5) is 18.9 Å². The third-order valence-corrected chi connectivity index (χ3v) is 3.12. The summed E-state index contributed by atoms with van der Waals surface area (Å²) >= 11 is 0. The van der Waals surface area contributed by atoms with Gasteiger partial charge in [-0.15, -0.1) is 13.2 Å². The summed E-state index contributed by atoms with van der Waals surface area (Å²) in [5.41, 5.74) is -1.31. The molecule has 0 saturated carbocycles. The van der Waals surface area contributed by atoms with E-state index in [1.54, 1.807) is 0 Å². The van der Waals surface area contributed by atoms with E-state index in [-0.39, 0.29) is 23.3 Å². The Bertz CT molecular complexity index is 805. The molecular formula is C16H12F3NO5. The van der Waals surface area contributed by atoms with Gasteiger partial charge in [-0.1, -0.05) is 24.3 Å². The number of alkyl halides is 3. The van der Waals surface area contributed by atoms with E-state index in [9.17, 15) is 28.1 Å². The highest BCUT2D eigenvalue weighted by atomic mass is 19.4. The Hall–Kier alpha value is -3.10. The second kappa shape index (κ2) is 7.20. The first-order valence-electron chi connectivity index (χ1n) is 7.04. The quantitative estimate of drug-likeness (QED) is 0.453. The molecule has 0 heterocycles. The molecule has 0 saturated heterocycles. The van der Waals surface area contributed by atoms with Gasteiger partial charge in [-0.2, -0.15) is 0 Å². The zero-order valence-electron chi connectivity index (χ0n) is 12.9. The Morgan fingerprint density at radius 2 is 1.84 bits per heavy atom. The molecule has 6 nitrogen and oxygen atoms in total. The molecule has 0 aliphatic rings. The number of rotatable bonds is 5. The maximum atomic E-state index is 12.6. The monoisotopic (exact) mass is 355 g/mol. The largest absolute Gasteiger partial charge is 0.573 e. The Labute approximate surface area is 139 Å². The highest BCUT2D eigenvalue weighted by Gasteiger charge is 2.34. The number of para-hydroxylation sites is 1. The van der Waals surface area contributed by atoms with Gasteiger partial charge in [-0.05, 0) is 19.1 Å². The summed E-state index contributed by atoms with van der Waals surface area (Å²) in [6, 6.07) is 8.45. The Morgan fingerprint density at radius 1 is 1.16 bits per heavy atom. The summed E-state index contributed by atoms with van der Waals surface area (Å²) in [6.45, 7) is 1.54. The van der Waals surface area contributed by atoms with Crippen LogP contribution in [0.3, 0.4) is 0 Å². The van der Waals surface area contributed by atoms with Crippen molar-refractivity contribution < 1.29 is 32.4 Å². The average molecular weight is 355 g/mol. The van der Waals surface area contributed by atoms with Crippen molar-refractivity contribution in [2.24, 2.45) is 0 Å². The fourth-order valence-corrected chi connectivity index (χ4v) is 2.24. The molecule has 0 unspecified atom stereocenters. The van der Waals surface area contributed by atoms with Crippen molar-refractivity contribution in [3.05, 3.63) is 58.1 Å². The fraction of sp³-hybridized carbons (Fsp3) is 0.188. The number of benzene rings is 2. The third kappa shape index (κ3) is 4.25. The number of carbonyl (C=O) groups is 1. The van der Waals surface area contributed by atoms with Crippen LogP contribution in [0, 0.1) is 10.1 Å².